The van der Waals surface area contributed by atoms with Gasteiger partial charge in [0.2, 0.25) is 5.91 Å². The van der Waals surface area contributed by atoms with Gasteiger partial charge in [-0.15, -0.1) is 0 Å². The summed E-state index contributed by atoms with van der Waals surface area (Å²) in [5, 5.41) is 2.26. The molecule has 0 spiro atoms. The monoisotopic (exact) mass is 432 g/mol. The van der Waals surface area contributed by atoms with Crippen LogP contribution in [0.1, 0.15) is 46.3 Å². The van der Waals surface area contributed by atoms with Gasteiger partial charge in [-0.3, -0.25) is 9.59 Å². The van der Waals surface area contributed by atoms with Crippen molar-refractivity contribution in [2.45, 2.75) is 45.4 Å². The number of benzene rings is 1. The quantitative estimate of drug-likeness (QED) is 0.788. The Morgan fingerprint density at radius 1 is 1.23 bits per heavy atom. The number of imidazole rings is 1. The maximum absolute atomic E-state index is 13.0. The Balaban J connectivity index is 1.36. The molecule has 0 radical (unpaired) electrons. The molecule has 7 nitrogen and oxygen atoms in total. The van der Waals surface area contributed by atoms with Crippen LogP contribution in [0.25, 0.3) is 0 Å². The third-order valence-corrected chi connectivity index (χ3v) is 5.97. The molecule has 2 aliphatic rings. The zero-order valence-electron chi connectivity index (χ0n) is 17.4. The molecule has 0 unspecified atom stereocenters. The zero-order chi connectivity index (χ0) is 22.0. The fourth-order valence-corrected chi connectivity index (χ4v) is 4.11. The number of hydrogen-bond donors (Lipinski definition) is 1. The number of aromatic nitrogens is 2. The fraction of sp³-hybridized carbons (Fsp3) is 0.500. The predicted molar refractivity (Wildman–Crippen MR) is 109 cm³/mol. The van der Waals surface area contributed by atoms with Crippen LogP contribution in [0.5, 0.6) is 0 Å². The highest BCUT2D eigenvalue weighted by Gasteiger charge is 2.32. The van der Waals surface area contributed by atoms with E-state index in [0.29, 0.717) is 44.8 Å². The van der Waals surface area contributed by atoms with Gasteiger partial charge < -0.3 is 19.5 Å². The molecule has 1 N–H and O–H groups in total. The number of hydrogen-bond acceptors (Lipinski definition) is 4. The molecule has 0 aliphatic carbocycles. The SMILES string of the molecule is Cc1ccc([C@@H]2Cn3cnc(C(=O)N4CCC(C(=O)NCC(F)F)CC4)c3CO2)cc1. The minimum Gasteiger partial charge on any atom is -0.365 e. The van der Waals surface area contributed by atoms with Crippen LogP contribution in [-0.4, -0.2) is 52.3 Å². The lowest BCUT2D eigenvalue weighted by Gasteiger charge is -2.31. The number of fused-ring (bicyclic) bond motifs is 1. The summed E-state index contributed by atoms with van der Waals surface area (Å²) < 4.78 is 32.5. The number of amides is 2. The van der Waals surface area contributed by atoms with Crippen molar-refractivity contribution >= 4 is 11.8 Å². The highest BCUT2D eigenvalue weighted by atomic mass is 19.3. The van der Waals surface area contributed by atoms with E-state index in [9.17, 15) is 18.4 Å². The number of rotatable bonds is 5. The Hall–Kier alpha value is -2.81. The van der Waals surface area contributed by atoms with E-state index in [2.05, 4.69) is 34.6 Å². The minimum atomic E-state index is -2.56. The van der Waals surface area contributed by atoms with Gasteiger partial charge in [0.05, 0.1) is 31.7 Å². The lowest BCUT2D eigenvalue weighted by atomic mass is 9.95. The third kappa shape index (κ3) is 4.76. The van der Waals surface area contributed by atoms with Gasteiger partial charge in [-0.1, -0.05) is 29.8 Å². The maximum atomic E-state index is 13.0. The van der Waals surface area contributed by atoms with Gasteiger partial charge in [0.1, 0.15) is 6.10 Å². The number of aryl methyl sites for hydroxylation is 1. The number of halogens is 2. The highest BCUT2D eigenvalue weighted by molar-refractivity contribution is 5.93. The summed E-state index contributed by atoms with van der Waals surface area (Å²) in [6.07, 6.45) is -0.0824. The average molecular weight is 432 g/mol. The van der Waals surface area contributed by atoms with Gasteiger partial charge in [-0.25, -0.2) is 13.8 Å². The maximum Gasteiger partial charge on any atom is 0.274 e. The molecule has 1 atom stereocenters. The molecule has 0 saturated carbocycles. The molecule has 2 aliphatic heterocycles. The van der Waals surface area contributed by atoms with Gasteiger partial charge in [0.25, 0.3) is 12.3 Å². The second-order valence-electron chi connectivity index (χ2n) is 8.11. The minimum absolute atomic E-state index is 0.0900. The Bertz CT molecular complexity index is 937. The average Bonchev–Trinajstić information content (AvgIpc) is 3.21. The van der Waals surface area contributed by atoms with Crippen LogP contribution in [0, 0.1) is 12.8 Å². The molecule has 1 saturated heterocycles. The lowest BCUT2D eigenvalue weighted by Crippen LogP contribution is -2.44. The molecule has 2 amide bonds. The van der Waals surface area contributed by atoms with Crippen molar-refractivity contribution in [2.75, 3.05) is 19.6 Å². The summed E-state index contributed by atoms with van der Waals surface area (Å²) in [7, 11) is 0. The number of alkyl halides is 2. The van der Waals surface area contributed by atoms with Crippen molar-refractivity contribution in [3.63, 3.8) is 0 Å². The zero-order valence-corrected chi connectivity index (χ0v) is 17.4. The van der Waals surface area contributed by atoms with Crippen molar-refractivity contribution in [2.24, 2.45) is 5.92 Å². The topological polar surface area (TPSA) is 76.5 Å². The van der Waals surface area contributed by atoms with Crippen LogP contribution in [-0.2, 0) is 22.7 Å². The fourth-order valence-electron chi connectivity index (χ4n) is 4.11. The van der Waals surface area contributed by atoms with E-state index in [1.807, 2.05) is 11.5 Å². The summed E-state index contributed by atoms with van der Waals surface area (Å²) in [6, 6.07) is 8.20. The van der Waals surface area contributed by atoms with E-state index in [1.54, 1.807) is 11.2 Å². The van der Waals surface area contributed by atoms with Crippen molar-refractivity contribution in [3.8, 4) is 0 Å². The number of carbonyl (C=O) groups excluding carboxylic acids is 2. The first-order valence-corrected chi connectivity index (χ1v) is 10.5. The number of ether oxygens (including phenoxy) is 1. The standard InChI is InChI=1S/C22H26F2N4O3/c1-14-2-4-15(5-3-14)18-11-28-13-26-20(17(28)12-31-18)22(30)27-8-6-16(7-9-27)21(29)25-10-19(23)24/h2-5,13,16,18-19H,6-12H2,1H3,(H,25,29)/t18-/m0/s1. The normalized spacial score (nSPS) is 19.4. The van der Waals surface area contributed by atoms with Crippen LogP contribution in [0.2, 0.25) is 0 Å². The van der Waals surface area contributed by atoms with Gasteiger partial charge in [0, 0.05) is 19.0 Å². The molecule has 31 heavy (non-hydrogen) atoms. The smallest absolute Gasteiger partial charge is 0.274 e. The van der Waals surface area contributed by atoms with Gasteiger partial charge >= 0.3 is 0 Å². The van der Waals surface area contributed by atoms with E-state index < -0.39 is 13.0 Å². The van der Waals surface area contributed by atoms with Crippen molar-refractivity contribution in [1.82, 2.24) is 19.8 Å². The van der Waals surface area contributed by atoms with Crippen LogP contribution in [0.15, 0.2) is 30.6 Å². The number of likely N-dealkylation sites (tertiary alicyclic amines) is 1. The lowest BCUT2D eigenvalue weighted by molar-refractivity contribution is -0.126. The van der Waals surface area contributed by atoms with Gasteiger partial charge in [0.15, 0.2) is 5.69 Å². The molecular formula is C22H26F2N4O3. The molecule has 1 aromatic carbocycles. The number of nitrogens with one attached hydrogen (secondary N) is 1. The second-order valence-corrected chi connectivity index (χ2v) is 8.11. The van der Waals surface area contributed by atoms with Crippen LogP contribution in [0.4, 0.5) is 8.78 Å². The summed E-state index contributed by atoms with van der Waals surface area (Å²) in [6.45, 7) is 3.07. The van der Waals surface area contributed by atoms with E-state index >= 15 is 0 Å². The largest absolute Gasteiger partial charge is 0.365 e. The first kappa shape index (κ1) is 21.4. The molecule has 4 rings (SSSR count). The Kier molecular flexibility index (Phi) is 6.31. The molecule has 166 valence electrons. The number of nitrogens with zero attached hydrogens (tertiary/aromatic N) is 3. The second kappa shape index (κ2) is 9.13. The van der Waals surface area contributed by atoms with Gasteiger partial charge in [-0.05, 0) is 25.3 Å². The van der Waals surface area contributed by atoms with Crippen LogP contribution >= 0.6 is 0 Å². The number of carbonyl (C=O) groups is 2. The molecule has 1 fully saturated rings. The molecular weight excluding hydrogens is 406 g/mol. The van der Waals surface area contributed by atoms with E-state index in [1.165, 1.54) is 5.56 Å². The van der Waals surface area contributed by atoms with Gasteiger partial charge in [-0.2, -0.15) is 0 Å². The van der Waals surface area contributed by atoms with E-state index in [4.69, 9.17) is 4.74 Å². The molecule has 1 aromatic heterocycles. The van der Waals surface area contributed by atoms with Crippen molar-refractivity contribution < 1.29 is 23.1 Å². The number of piperidine rings is 1. The van der Waals surface area contributed by atoms with E-state index in [0.717, 1.165) is 11.3 Å². The molecule has 0 bridgehead atoms. The van der Waals surface area contributed by atoms with Crippen molar-refractivity contribution in [1.29, 1.82) is 0 Å². The highest BCUT2D eigenvalue weighted by Crippen LogP contribution is 2.29. The van der Waals surface area contributed by atoms with Crippen molar-refractivity contribution in [3.05, 3.63) is 53.1 Å². The molecule has 3 heterocycles. The Labute approximate surface area is 179 Å². The van der Waals surface area contributed by atoms with E-state index in [-0.39, 0.29) is 23.8 Å². The summed E-state index contributed by atoms with van der Waals surface area (Å²) in [5.41, 5.74) is 3.41. The summed E-state index contributed by atoms with van der Waals surface area (Å²) in [4.78, 5) is 31.0. The Morgan fingerprint density at radius 3 is 2.61 bits per heavy atom. The molecule has 9 heteroatoms. The van der Waals surface area contributed by atoms with Crippen LogP contribution in [0.3, 0.4) is 0 Å². The predicted octanol–water partition coefficient (Wildman–Crippen LogP) is 2.70. The first-order chi connectivity index (χ1) is 14.9. The Morgan fingerprint density at radius 2 is 1.94 bits per heavy atom. The summed E-state index contributed by atoms with van der Waals surface area (Å²) in [5.74, 6) is -0.905. The summed E-state index contributed by atoms with van der Waals surface area (Å²) >= 11 is 0. The first-order valence-electron chi connectivity index (χ1n) is 10.5. The van der Waals surface area contributed by atoms with Crippen LogP contribution < -0.4 is 5.32 Å². The third-order valence-electron chi connectivity index (χ3n) is 5.97. The molecule has 2 aromatic rings.